The third-order valence-electron chi connectivity index (χ3n) is 11.8. The fraction of sp³-hybridized carbons (Fsp3) is 0. The normalized spacial score (nSPS) is 11.8. The maximum Gasteiger partial charge on any atom is 0.138 e. The lowest BCUT2D eigenvalue weighted by atomic mass is 9.97. The van der Waals surface area contributed by atoms with Crippen molar-refractivity contribution in [3.05, 3.63) is 212 Å². The smallest absolute Gasteiger partial charge is 0.138 e. The van der Waals surface area contributed by atoms with Crippen LogP contribution in [0.4, 0.5) is 0 Å². The van der Waals surface area contributed by atoms with Gasteiger partial charge in [0.15, 0.2) is 0 Å². The van der Waals surface area contributed by atoms with Crippen molar-refractivity contribution in [3.63, 3.8) is 0 Å². The molecule has 12 rings (SSSR count). The highest BCUT2D eigenvalue weighted by Crippen LogP contribution is 2.42. The van der Waals surface area contributed by atoms with E-state index >= 15 is 0 Å². The quantitative estimate of drug-likeness (QED) is 0.161. The van der Waals surface area contributed by atoms with E-state index in [1.165, 1.54) is 65.6 Å². The summed E-state index contributed by atoms with van der Waals surface area (Å²) in [6, 6.07) is 76.8. The molecular formula is C55H35N3. The number of fused-ring (bicyclic) bond motifs is 12. The summed E-state index contributed by atoms with van der Waals surface area (Å²) < 4.78 is 4.87. The van der Waals surface area contributed by atoms with Gasteiger partial charge in [-0.3, -0.25) is 4.57 Å². The maximum atomic E-state index is 5.56. The molecule has 0 saturated heterocycles. The number of aromatic nitrogens is 3. The van der Waals surface area contributed by atoms with Gasteiger partial charge in [-0.25, -0.2) is 4.98 Å². The van der Waals surface area contributed by atoms with E-state index in [0.717, 1.165) is 44.8 Å². The maximum absolute atomic E-state index is 5.56. The lowest BCUT2D eigenvalue weighted by molar-refractivity contribution is 1.08. The SMILES string of the molecule is c1ccc(-c2cccc(-c3cc(-c4cccc(-c5ccccc5)c4)nc(-n4c5ccccc5c5c4ccc4cc6c7ccccc7c7ccccc7n6c45)c3)c2)cc1. The van der Waals surface area contributed by atoms with Gasteiger partial charge in [0.1, 0.15) is 5.82 Å². The predicted molar refractivity (Wildman–Crippen MR) is 244 cm³/mol. The molecule has 0 bridgehead atoms. The first-order chi connectivity index (χ1) is 28.8. The zero-order chi connectivity index (χ0) is 38.2. The number of rotatable bonds is 5. The Hall–Kier alpha value is -7.75. The average Bonchev–Trinajstić information content (AvgIpc) is 3.86. The summed E-state index contributed by atoms with van der Waals surface area (Å²) in [5.74, 6) is 0.879. The fourth-order valence-corrected chi connectivity index (χ4v) is 9.22. The van der Waals surface area contributed by atoms with E-state index in [-0.39, 0.29) is 0 Å². The number of hydrogen-bond donors (Lipinski definition) is 0. The second kappa shape index (κ2) is 12.9. The zero-order valence-corrected chi connectivity index (χ0v) is 31.5. The lowest BCUT2D eigenvalue weighted by Gasteiger charge is -2.14. The summed E-state index contributed by atoms with van der Waals surface area (Å²) >= 11 is 0. The Balaban J connectivity index is 1.16. The van der Waals surface area contributed by atoms with Crippen molar-refractivity contribution in [3.8, 4) is 50.5 Å². The second-order valence-electron chi connectivity index (χ2n) is 15.2. The second-order valence-corrected chi connectivity index (χ2v) is 15.2. The Bertz CT molecular complexity index is 3460. The van der Waals surface area contributed by atoms with Crippen LogP contribution in [0.15, 0.2) is 212 Å². The van der Waals surface area contributed by atoms with Gasteiger partial charge in [-0.15, -0.1) is 0 Å². The van der Waals surface area contributed by atoms with Gasteiger partial charge in [0.2, 0.25) is 0 Å². The van der Waals surface area contributed by atoms with Crippen molar-refractivity contribution in [1.29, 1.82) is 0 Å². The number of benzene rings is 8. The summed E-state index contributed by atoms with van der Waals surface area (Å²) in [5.41, 5.74) is 14.9. The lowest BCUT2D eigenvalue weighted by Crippen LogP contribution is -2.00. The standard InChI is InChI=1S/C55H35N3/c1-3-15-36(16-4-1)38-19-13-21-40(31-38)43-33-48(41-22-14-20-39(32-41)37-17-5-2-6-18-37)56-53(35-43)57-50-28-12-10-26-47(50)54-51(57)30-29-42-34-52-46-25-8-7-23-44(46)45-24-9-11-27-49(45)58(52)55(42)54/h1-35H. The summed E-state index contributed by atoms with van der Waals surface area (Å²) in [7, 11) is 0. The van der Waals surface area contributed by atoms with Crippen LogP contribution in [-0.4, -0.2) is 14.0 Å². The molecular weight excluding hydrogens is 703 g/mol. The van der Waals surface area contributed by atoms with Crippen LogP contribution >= 0.6 is 0 Å². The minimum atomic E-state index is 0.879. The van der Waals surface area contributed by atoms with Crippen LogP contribution in [0, 0.1) is 0 Å². The molecule has 0 atom stereocenters. The van der Waals surface area contributed by atoms with Gasteiger partial charge in [0, 0.05) is 32.5 Å². The Morgan fingerprint density at radius 2 is 0.845 bits per heavy atom. The van der Waals surface area contributed by atoms with Gasteiger partial charge < -0.3 is 4.40 Å². The molecule has 0 aliphatic heterocycles. The topological polar surface area (TPSA) is 22.2 Å². The molecule has 0 radical (unpaired) electrons. The first-order valence-corrected chi connectivity index (χ1v) is 19.9. The van der Waals surface area contributed by atoms with Crippen LogP contribution in [0.25, 0.3) is 110 Å². The molecule has 0 unspecified atom stereocenters. The Morgan fingerprint density at radius 3 is 1.55 bits per heavy atom. The van der Waals surface area contributed by atoms with Crippen molar-refractivity contribution < 1.29 is 0 Å². The number of pyridine rings is 2. The molecule has 0 aliphatic rings. The van der Waals surface area contributed by atoms with E-state index in [9.17, 15) is 0 Å². The van der Waals surface area contributed by atoms with Gasteiger partial charge in [0.05, 0.1) is 33.3 Å². The molecule has 3 heteroatoms. The zero-order valence-electron chi connectivity index (χ0n) is 31.5. The van der Waals surface area contributed by atoms with Crippen LogP contribution in [0.1, 0.15) is 0 Å². The van der Waals surface area contributed by atoms with E-state index in [1.807, 2.05) is 0 Å². The van der Waals surface area contributed by atoms with Crippen molar-refractivity contribution in [1.82, 2.24) is 14.0 Å². The molecule has 0 fully saturated rings. The average molecular weight is 738 g/mol. The number of hydrogen-bond acceptors (Lipinski definition) is 1. The molecule has 270 valence electrons. The fourth-order valence-electron chi connectivity index (χ4n) is 9.22. The highest BCUT2D eigenvalue weighted by Gasteiger charge is 2.21. The minimum Gasteiger partial charge on any atom is -0.308 e. The molecule has 0 amide bonds. The first kappa shape index (κ1) is 32.5. The molecule has 0 saturated carbocycles. The predicted octanol–water partition coefficient (Wildman–Crippen LogP) is 14.6. The van der Waals surface area contributed by atoms with E-state index in [4.69, 9.17) is 4.98 Å². The molecule has 4 heterocycles. The van der Waals surface area contributed by atoms with Gasteiger partial charge >= 0.3 is 0 Å². The number of para-hydroxylation sites is 2. The van der Waals surface area contributed by atoms with Gasteiger partial charge in [-0.2, -0.15) is 0 Å². The van der Waals surface area contributed by atoms with E-state index < -0.39 is 0 Å². The van der Waals surface area contributed by atoms with Crippen molar-refractivity contribution in [2.45, 2.75) is 0 Å². The molecule has 0 aliphatic carbocycles. The van der Waals surface area contributed by atoms with Crippen LogP contribution in [0.5, 0.6) is 0 Å². The summed E-state index contributed by atoms with van der Waals surface area (Å²) in [6.07, 6.45) is 0. The van der Waals surface area contributed by atoms with Crippen molar-refractivity contribution in [2.24, 2.45) is 0 Å². The van der Waals surface area contributed by atoms with Crippen LogP contribution in [0.3, 0.4) is 0 Å². The molecule has 8 aromatic carbocycles. The molecule has 58 heavy (non-hydrogen) atoms. The van der Waals surface area contributed by atoms with E-state index in [2.05, 4.69) is 221 Å². The van der Waals surface area contributed by atoms with E-state index in [0.29, 0.717) is 0 Å². The van der Waals surface area contributed by atoms with Gasteiger partial charge in [0.25, 0.3) is 0 Å². The third kappa shape index (κ3) is 5.04. The molecule has 0 N–H and O–H groups in total. The number of nitrogens with zero attached hydrogens (tertiary/aromatic N) is 3. The highest BCUT2D eigenvalue weighted by atomic mass is 15.1. The van der Waals surface area contributed by atoms with Crippen LogP contribution in [-0.2, 0) is 0 Å². The molecule has 3 nitrogen and oxygen atoms in total. The van der Waals surface area contributed by atoms with E-state index in [1.54, 1.807) is 0 Å². The largest absolute Gasteiger partial charge is 0.308 e. The summed E-state index contributed by atoms with van der Waals surface area (Å²) in [4.78, 5) is 5.56. The highest BCUT2D eigenvalue weighted by molar-refractivity contribution is 6.24. The third-order valence-corrected chi connectivity index (χ3v) is 11.8. The van der Waals surface area contributed by atoms with Crippen LogP contribution in [0.2, 0.25) is 0 Å². The van der Waals surface area contributed by atoms with Crippen molar-refractivity contribution >= 4 is 59.9 Å². The molecule has 4 aromatic heterocycles. The summed E-state index contributed by atoms with van der Waals surface area (Å²) in [6.45, 7) is 0. The Morgan fingerprint density at radius 1 is 0.310 bits per heavy atom. The van der Waals surface area contributed by atoms with Crippen molar-refractivity contribution in [2.75, 3.05) is 0 Å². The monoisotopic (exact) mass is 737 g/mol. The van der Waals surface area contributed by atoms with Gasteiger partial charge in [-0.1, -0.05) is 164 Å². The van der Waals surface area contributed by atoms with Gasteiger partial charge in [-0.05, 0) is 87.3 Å². The minimum absolute atomic E-state index is 0.879. The molecule has 0 spiro atoms. The molecule has 12 aromatic rings. The van der Waals surface area contributed by atoms with Crippen LogP contribution < -0.4 is 0 Å². The Labute approximate surface area is 335 Å². The Kier molecular flexibility index (Phi) is 7.23. The first-order valence-electron chi connectivity index (χ1n) is 19.9. The summed E-state index contributed by atoms with van der Waals surface area (Å²) in [5, 5.41) is 7.41.